The van der Waals surface area contributed by atoms with Gasteiger partial charge in [-0.25, -0.2) is 0 Å². The highest BCUT2D eigenvalue weighted by Gasteiger charge is 2.58. The smallest absolute Gasteiger partial charge is 0.124 e. The van der Waals surface area contributed by atoms with Gasteiger partial charge in [0.1, 0.15) is 17.1 Å². The van der Waals surface area contributed by atoms with Crippen LogP contribution >= 0.6 is 0 Å². The molecule has 0 radical (unpaired) electrons. The van der Waals surface area contributed by atoms with Crippen LogP contribution < -0.4 is 4.74 Å². The third-order valence-electron chi connectivity index (χ3n) is 5.39. The van der Waals surface area contributed by atoms with Crippen molar-refractivity contribution in [3.05, 3.63) is 59.7 Å². The monoisotopic (exact) mass is 310 g/mol. The van der Waals surface area contributed by atoms with E-state index in [1.54, 1.807) is 12.1 Å². The number of ether oxygens (including phenoxy) is 2. The average molecular weight is 310 g/mol. The Morgan fingerprint density at radius 2 is 1.65 bits per heavy atom. The Hall–Kier alpha value is -2.00. The molecule has 0 amide bonds. The van der Waals surface area contributed by atoms with Gasteiger partial charge in [0.05, 0.1) is 12.7 Å². The second kappa shape index (κ2) is 4.75. The van der Waals surface area contributed by atoms with Crippen molar-refractivity contribution in [2.45, 2.75) is 37.9 Å². The van der Waals surface area contributed by atoms with Crippen molar-refractivity contribution in [3.63, 3.8) is 0 Å². The summed E-state index contributed by atoms with van der Waals surface area (Å²) in [5.74, 6) is 1.43. The van der Waals surface area contributed by atoms with Crippen molar-refractivity contribution in [1.29, 1.82) is 0 Å². The number of phenols is 1. The molecule has 1 saturated heterocycles. The predicted molar refractivity (Wildman–Crippen MR) is 88.9 cm³/mol. The fourth-order valence-corrected chi connectivity index (χ4v) is 4.40. The van der Waals surface area contributed by atoms with Gasteiger partial charge < -0.3 is 14.6 Å². The number of hydrogen-bond acceptors (Lipinski definition) is 3. The summed E-state index contributed by atoms with van der Waals surface area (Å²) in [5.41, 5.74) is 1.81. The second-order valence-corrected chi connectivity index (χ2v) is 7.30. The highest BCUT2D eigenvalue weighted by atomic mass is 16.6. The van der Waals surface area contributed by atoms with E-state index < -0.39 is 0 Å². The number of hydrogen-bond donors (Lipinski definition) is 1. The average Bonchev–Trinajstić information content (AvgIpc) is 3.31. The van der Waals surface area contributed by atoms with Crippen molar-refractivity contribution in [1.82, 2.24) is 0 Å². The minimum Gasteiger partial charge on any atom is -0.508 e. The molecular formula is C20H22O3. The zero-order valence-corrected chi connectivity index (χ0v) is 13.7. The van der Waals surface area contributed by atoms with E-state index in [1.165, 1.54) is 11.1 Å². The fraction of sp³-hybridized carbons (Fsp3) is 0.400. The van der Waals surface area contributed by atoms with Gasteiger partial charge in [0.2, 0.25) is 0 Å². The predicted octanol–water partition coefficient (Wildman–Crippen LogP) is 3.88. The zero-order valence-electron chi connectivity index (χ0n) is 13.7. The quantitative estimate of drug-likeness (QED) is 0.856. The minimum atomic E-state index is -0.331. The number of fused-ring (bicyclic) bond motifs is 1. The maximum absolute atomic E-state index is 9.67. The number of para-hydroxylation sites is 1. The molecule has 1 fully saturated rings. The van der Waals surface area contributed by atoms with Crippen molar-refractivity contribution in [2.75, 3.05) is 6.61 Å². The summed E-state index contributed by atoms with van der Waals surface area (Å²) < 4.78 is 12.1. The van der Waals surface area contributed by atoms with Gasteiger partial charge in [-0.3, -0.25) is 0 Å². The van der Waals surface area contributed by atoms with E-state index in [9.17, 15) is 5.11 Å². The first kappa shape index (κ1) is 14.6. The normalized spacial score (nSPS) is 31.1. The molecule has 3 atom stereocenters. The molecule has 120 valence electrons. The van der Waals surface area contributed by atoms with Gasteiger partial charge in [0.25, 0.3) is 0 Å². The highest BCUT2D eigenvalue weighted by molar-refractivity contribution is 5.51. The van der Waals surface area contributed by atoms with Gasteiger partial charge in [-0.1, -0.05) is 37.3 Å². The number of aromatic hydroxyl groups is 1. The molecule has 23 heavy (non-hydrogen) atoms. The van der Waals surface area contributed by atoms with Crippen molar-refractivity contribution < 1.29 is 14.6 Å². The van der Waals surface area contributed by atoms with E-state index in [1.807, 2.05) is 24.3 Å². The van der Waals surface area contributed by atoms with E-state index in [4.69, 9.17) is 9.47 Å². The maximum Gasteiger partial charge on any atom is 0.124 e. The molecule has 3 heteroatoms. The number of phenolic OH excluding ortho intramolecular Hbond substituents is 1. The Labute approximate surface area is 136 Å². The van der Waals surface area contributed by atoms with Gasteiger partial charge in [-0.2, -0.15) is 0 Å². The highest BCUT2D eigenvalue weighted by Crippen LogP contribution is 2.55. The van der Waals surface area contributed by atoms with Crippen LogP contribution in [0.4, 0.5) is 0 Å². The third kappa shape index (κ3) is 2.14. The molecular weight excluding hydrogens is 288 g/mol. The summed E-state index contributed by atoms with van der Waals surface area (Å²) in [6, 6.07) is 15.8. The molecule has 0 aromatic heterocycles. The van der Waals surface area contributed by atoms with E-state index in [2.05, 4.69) is 32.9 Å². The summed E-state index contributed by atoms with van der Waals surface area (Å²) in [6.45, 7) is 7.35. The van der Waals surface area contributed by atoms with Crippen LogP contribution in [0.15, 0.2) is 48.5 Å². The topological polar surface area (TPSA) is 42.0 Å². The summed E-state index contributed by atoms with van der Waals surface area (Å²) in [6.07, 6.45) is 0.206. The largest absolute Gasteiger partial charge is 0.508 e. The summed E-state index contributed by atoms with van der Waals surface area (Å²) in [5, 5.41) is 9.67. The standard InChI is InChI=1S/C20H22O3/c1-19(2)18(17-12-22-17)20(3,13-8-10-14(21)11-9-13)15-6-4-5-7-16(15)23-19/h4-11,17-18,21H,12H2,1-3H3. The first-order valence-corrected chi connectivity index (χ1v) is 8.12. The molecule has 1 N–H and O–H groups in total. The molecule has 0 bridgehead atoms. The first-order valence-electron chi connectivity index (χ1n) is 8.12. The lowest BCUT2D eigenvalue weighted by molar-refractivity contribution is -0.0212. The van der Waals surface area contributed by atoms with Crippen molar-refractivity contribution in [3.8, 4) is 11.5 Å². The number of benzene rings is 2. The van der Waals surface area contributed by atoms with Crippen LogP contribution in [0.1, 0.15) is 31.9 Å². The van der Waals surface area contributed by atoms with Crippen LogP contribution in [-0.2, 0) is 10.2 Å². The van der Waals surface area contributed by atoms with Crippen LogP contribution in [0.5, 0.6) is 11.5 Å². The van der Waals surface area contributed by atoms with E-state index in [0.29, 0.717) is 0 Å². The lowest BCUT2D eigenvalue weighted by atomic mass is 9.59. The third-order valence-corrected chi connectivity index (χ3v) is 5.39. The van der Waals surface area contributed by atoms with E-state index >= 15 is 0 Å². The minimum absolute atomic E-state index is 0.203. The molecule has 0 aliphatic carbocycles. The Bertz CT molecular complexity index is 731. The molecule has 2 aromatic rings. The molecule has 4 rings (SSSR count). The fourth-order valence-electron chi connectivity index (χ4n) is 4.40. The van der Waals surface area contributed by atoms with Crippen LogP contribution in [0, 0.1) is 5.92 Å². The van der Waals surface area contributed by atoms with Crippen LogP contribution in [-0.4, -0.2) is 23.4 Å². The summed E-state index contributed by atoms with van der Waals surface area (Å²) >= 11 is 0. The Morgan fingerprint density at radius 1 is 1.00 bits per heavy atom. The summed E-state index contributed by atoms with van der Waals surface area (Å²) in [4.78, 5) is 0. The van der Waals surface area contributed by atoms with Crippen molar-refractivity contribution >= 4 is 0 Å². The van der Waals surface area contributed by atoms with E-state index in [-0.39, 0.29) is 28.8 Å². The Morgan fingerprint density at radius 3 is 2.30 bits per heavy atom. The van der Waals surface area contributed by atoms with Gasteiger partial charge >= 0.3 is 0 Å². The Kier molecular flexibility index (Phi) is 3.01. The SMILES string of the molecule is CC1(C)Oc2ccccc2C(C)(c2ccc(O)cc2)C1C1CO1. The number of rotatable bonds is 2. The molecule has 0 spiro atoms. The van der Waals surface area contributed by atoms with Crippen LogP contribution in [0.2, 0.25) is 0 Å². The molecule has 2 aliphatic rings. The molecule has 2 aromatic carbocycles. The number of epoxide rings is 1. The maximum atomic E-state index is 9.67. The van der Waals surface area contributed by atoms with Crippen LogP contribution in [0.25, 0.3) is 0 Å². The van der Waals surface area contributed by atoms with Gasteiger partial charge in [-0.15, -0.1) is 0 Å². The summed E-state index contributed by atoms with van der Waals surface area (Å²) in [7, 11) is 0. The van der Waals surface area contributed by atoms with E-state index in [0.717, 1.165) is 12.4 Å². The molecule has 3 nitrogen and oxygen atoms in total. The molecule has 2 heterocycles. The Balaban J connectivity index is 1.97. The lowest BCUT2D eigenvalue weighted by Gasteiger charge is -2.51. The molecule has 2 aliphatic heterocycles. The zero-order chi connectivity index (χ0) is 16.2. The second-order valence-electron chi connectivity index (χ2n) is 7.30. The van der Waals surface area contributed by atoms with Gasteiger partial charge in [-0.05, 0) is 37.6 Å². The van der Waals surface area contributed by atoms with Gasteiger partial charge in [0.15, 0.2) is 0 Å². The van der Waals surface area contributed by atoms with Gasteiger partial charge in [0, 0.05) is 16.9 Å². The molecule has 3 unspecified atom stereocenters. The van der Waals surface area contributed by atoms with Crippen molar-refractivity contribution in [2.24, 2.45) is 5.92 Å². The molecule has 0 saturated carbocycles. The first-order chi connectivity index (χ1) is 10.9. The lowest BCUT2D eigenvalue weighted by Crippen LogP contribution is -2.55. The van der Waals surface area contributed by atoms with Crippen LogP contribution in [0.3, 0.4) is 0 Å².